The van der Waals surface area contributed by atoms with Gasteiger partial charge >= 0.3 is 0 Å². The van der Waals surface area contributed by atoms with Gasteiger partial charge in [0.2, 0.25) is 5.91 Å². The number of hydrogen-bond acceptors (Lipinski definition) is 4. The van der Waals surface area contributed by atoms with Crippen LogP contribution in [0.5, 0.6) is 0 Å². The van der Waals surface area contributed by atoms with Gasteiger partial charge in [-0.2, -0.15) is 0 Å². The molecule has 0 aliphatic heterocycles. The number of thioether (sulfide) groups is 1. The van der Waals surface area contributed by atoms with Crippen molar-refractivity contribution >= 4 is 28.7 Å². The smallest absolute Gasteiger partial charge is 0.278 e. The predicted octanol–water partition coefficient (Wildman–Crippen LogP) is 3.89. The molecule has 2 aromatic heterocycles. The highest BCUT2D eigenvalue weighted by Crippen LogP contribution is 2.21. The minimum Gasteiger partial charge on any atom is -0.353 e. The lowest BCUT2D eigenvalue weighted by Crippen LogP contribution is -2.29. The highest BCUT2D eigenvalue weighted by atomic mass is 32.2. The minimum absolute atomic E-state index is 0.0509. The number of hydrogen-bond donors (Lipinski definition) is 2. The van der Waals surface area contributed by atoms with Gasteiger partial charge in [-0.05, 0) is 46.2 Å². The Hall–Kier alpha value is -2.54. The Kier molecular flexibility index (Phi) is 5.93. The Labute approximate surface area is 168 Å². The number of aromatic nitrogens is 3. The second-order valence-corrected chi connectivity index (χ2v) is 8.31. The number of aromatic amines is 1. The summed E-state index contributed by atoms with van der Waals surface area (Å²) >= 11 is 1.29. The van der Waals surface area contributed by atoms with Gasteiger partial charge in [-0.1, -0.05) is 41.6 Å². The Bertz CT molecular complexity index is 1050. The van der Waals surface area contributed by atoms with Crippen molar-refractivity contribution in [2.75, 3.05) is 5.75 Å². The summed E-state index contributed by atoms with van der Waals surface area (Å²) in [4.78, 5) is 33.0. The number of rotatable bonds is 6. The van der Waals surface area contributed by atoms with Crippen molar-refractivity contribution in [2.24, 2.45) is 0 Å². The van der Waals surface area contributed by atoms with Crippen LogP contribution in [0.15, 0.2) is 40.3 Å². The molecule has 3 rings (SSSR count). The van der Waals surface area contributed by atoms with E-state index in [4.69, 9.17) is 0 Å². The molecule has 28 heavy (non-hydrogen) atoms. The second-order valence-electron chi connectivity index (χ2n) is 7.36. The normalized spacial score (nSPS) is 12.5. The first-order chi connectivity index (χ1) is 13.3. The summed E-state index contributed by atoms with van der Waals surface area (Å²) in [6.45, 7) is 9.77. The van der Waals surface area contributed by atoms with Crippen LogP contribution in [-0.2, 0) is 4.79 Å². The van der Waals surface area contributed by atoms with Crippen LogP contribution in [0.1, 0.15) is 49.7 Å². The fraction of sp³-hybridized carbons (Fsp3) is 0.381. The lowest BCUT2D eigenvalue weighted by atomic mass is 10.1. The number of nitrogens with zero attached hydrogens (tertiary/aromatic N) is 2. The fourth-order valence-corrected chi connectivity index (χ4v) is 4.04. The third-order valence-corrected chi connectivity index (χ3v) is 5.54. The number of H-pyrrole nitrogens is 1. The first-order valence-corrected chi connectivity index (χ1v) is 10.4. The Balaban J connectivity index is 1.75. The SMILES string of the molecule is Cc1ccc(C(C)NC(=O)CSc2nc3cc(C)[nH]c3c(=O)n2C(C)C)cc1. The number of carbonyl (C=O) groups excluding carboxylic acids is 1. The molecule has 0 saturated heterocycles. The summed E-state index contributed by atoms with van der Waals surface area (Å²) < 4.78 is 1.64. The lowest BCUT2D eigenvalue weighted by Gasteiger charge is -2.16. The van der Waals surface area contributed by atoms with E-state index < -0.39 is 0 Å². The van der Waals surface area contributed by atoms with E-state index in [1.165, 1.54) is 17.3 Å². The number of aryl methyl sites for hydroxylation is 2. The van der Waals surface area contributed by atoms with E-state index in [1.54, 1.807) is 4.57 Å². The average Bonchev–Trinajstić information content (AvgIpc) is 3.00. The van der Waals surface area contributed by atoms with Crippen molar-refractivity contribution < 1.29 is 4.79 Å². The molecule has 1 amide bonds. The van der Waals surface area contributed by atoms with Crippen LogP contribution in [0.3, 0.4) is 0 Å². The monoisotopic (exact) mass is 398 g/mol. The van der Waals surface area contributed by atoms with Crippen molar-refractivity contribution in [3.8, 4) is 0 Å². The van der Waals surface area contributed by atoms with Crippen molar-refractivity contribution in [1.82, 2.24) is 19.9 Å². The standard InChI is InChI=1S/C21H26N4O2S/c1-12(2)25-20(27)19-17(10-14(4)22-19)24-21(25)28-11-18(26)23-15(5)16-8-6-13(3)7-9-16/h6-10,12,15,22H,11H2,1-5H3,(H,23,26). The zero-order valence-electron chi connectivity index (χ0n) is 16.9. The lowest BCUT2D eigenvalue weighted by molar-refractivity contribution is -0.119. The molecule has 0 radical (unpaired) electrons. The van der Waals surface area contributed by atoms with Gasteiger partial charge in [0.25, 0.3) is 5.56 Å². The Morgan fingerprint density at radius 1 is 1.21 bits per heavy atom. The maximum Gasteiger partial charge on any atom is 0.278 e. The molecule has 1 aromatic carbocycles. The molecule has 0 aliphatic rings. The molecule has 0 bridgehead atoms. The number of nitrogens with one attached hydrogen (secondary N) is 2. The van der Waals surface area contributed by atoms with E-state index in [-0.39, 0.29) is 29.3 Å². The van der Waals surface area contributed by atoms with E-state index in [1.807, 2.05) is 65.0 Å². The van der Waals surface area contributed by atoms with Gasteiger partial charge in [0.1, 0.15) is 5.52 Å². The minimum atomic E-state index is -0.107. The second kappa shape index (κ2) is 8.22. The number of benzene rings is 1. The van der Waals surface area contributed by atoms with Gasteiger partial charge in [-0.25, -0.2) is 4.98 Å². The maximum absolute atomic E-state index is 12.8. The quantitative estimate of drug-likeness (QED) is 0.488. The van der Waals surface area contributed by atoms with Gasteiger partial charge in [0.05, 0.1) is 17.3 Å². The van der Waals surface area contributed by atoms with Crippen molar-refractivity contribution in [3.05, 3.63) is 57.5 Å². The largest absolute Gasteiger partial charge is 0.353 e. The van der Waals surface area contributed by atoms with Crippen LogP contribution in [0.2, 0.25) is 0 Å². The van der Waals surface area contributed by atoms with Gasteiger partial charge in [-0.15, -0.1) is 0 Å². The zero-order valence-corrected chi connectivity index (χ0v) is 17.7. The number of amides is 1. The molecule has 0 aliphatic carbocycles. The average molecular weight is 399 g/mol. The first-order valence-electron chi connectivity index (χ1n) is 9.37. The fourth-order valence-electron chi connectivity index (χ4n) is 3.10. The van der Waals surface area contributed by atoms with E-state index in [9.17, 15) is 9.59 Å². The molecule has 0 saturated carbocycles. The van der Waals surface area contributed by atoms with E-state index >= 15 is 0 Å². The molecule has 2 N–H and O–H groups in total. The molecular weight excluding hydrogens is 372 g/mol. The maximum atomic E-state index is 12.8. The summed E-state index contributed by atoms with van der Waals surface area (Å²) in [6.07, 6.45) is 0. The predicted molar refractivity (Wildman–Crippen MR) is 114 cm³/mol. The van der Waals surface area contributed by atoms with Crippen LogP contribution in [0, 0.1) is 13.8 Å². The van der Waals surface area contributed by atoms with E-state index in [0.717, 1.165) is 11.3 Å². The highest BCUT2D eigenvalue weighted by Gasteiger charge is 2.17. The summed E-state index contributed by atoms with van der Waals surface area (Å²) in [5, 5.41) is 3.57. The number of fused-ring (bicyclic) bond motifs is 1. The first kappa shape index (κ1) is 20.2. The van der Waals surface area contributed by atoms with Crippen molar-refractivity contribution in [1.29, 1.82) is 0 Å². The van der Waals surface area contributed by atoms with Gasteiger partial charge < -0.3 is 10.3 Å². The Morgan fingerprint density at radius 3 is 2.54 bits per heavy atom. The topological polar surface area (TPSA) is 79.8 Å². The van der Waals surface area contributed by atoms with Crippen molar-refractivity contribution in [3.63, 3.8) is 0 Å². The van der Waals surface area contributed by atoms with Gasteiger partial charge in [-0.3, -0.25) is 14.2 Å². The third-order valence-electron chi connectivity index (χ3n) is 4.59. The van der Waals surface area contributed by atoms with Crippen LogP contribution >= 0.6 is 11.8 Å². The van der Waals surface area contributed by atoms with Crippen LogP contribution in [-0.4, -0.2) is 26.2 Å². The molecule has 3 aromatic rings. The molecule has 7 heteroatoms. The molecular formula is C21H26N4O2S. The van der Waals surface area contributed by atoms with Crippen LogP contribution < -0.4 is 10.9 Å². The molecule has 1 atom stereocenters. The van der Waals surface area contributed by atoms with Crippen molar-refractivity contribution in [2.45, 2.75) is 51.9 Å². The number of carbonyl (C=O) groups is 1. The van der Waals surface area contributed by atoms with Gasteiger partial charge in [0, 0.05) is 11.7 Å². The molecule has 6 nitrogen and oxygen atoms in total. The van der Waals surface area contributed by atoms with Crippen LogP contribution in [0.25, 0.3) is 11.0 Å². The summed E-state index contributed by atoms with van der Waals surface area (Å²) in [6, 6.07) is 9.83. The molecule has 1 unspecified atom stereocenters. The zero-order chi connectivity index (χ0) is 20.4. The summed E-state index contributed by atoms with van der Waals surface area (Å²) in [5.74, 6) is 0.109. The summed E-state index contributed by atoms with van der Waals surface area (Å²) in [5.41, 5.74) is 4.17. The molecule has 0 spiro atoms. The van der Waals surface area contributed by atoms with Crippen LogP contribution in [0.4, 0.5) is 0 Å². The molecule has 148 valence electrons. The van der Waals surface area contributed by atoms with E-state index in [0.29, 0.717) is 16.2 Å². The summed E-state index contributed by atoms with van der Waals surface area (Å²) in [7, 11) is 0. The van der Waals surface area contributed by atoms with Gasteiger partial charge in [0.15, 0.2) is 5.16 Å². The highest BCUT2D eigenvalue weighted by molar-refractivity contribution is 7.99. The molecule has 2 heterocycles. The third kappa shape index (κ3) is 4.30. The molecule has 0 fully saturated rings. The Morgan fingerprint density at radius 2 is 1.89 bits per heavy atom. The van der Waals surface area contributed by atoms with E-state index in [2.05, 4.69) is 15.3 Å².